The van der Waals surface area contributed by atoms with Gasteiger partial charge in [-0.3, -0.25) is 0 Å². The van der Waals surface area contributed by atoms with Crippen molar-refractivity contribution in [2.24, 2.45) is 0 Å². The first-order valence-electron chi connectivity index (χ1n) is 15.7. The highest BCUT2D eigenvalue weighted by atomic mass is 16.6. The molecule has 0 heterocycles. The predicted molar refractivity (Wildman–Crippen MR) is 184 cm³/mol. The molecule has 1 N–H and O–H groups in total. The van der Waals surface area contributed by atoms with E-state index in [1.165, 1.54) is 12.7 Å². The average Bonchev–Trinajstić information content (AvgIpc) is 3.03. The van der Waals surface area contributed by atoms with Crippen molar-refractivity contribution in [2.45, 2.75) is 65.0 Å². The van der Waals surface area contributed by atoms with Crippen molar-refractivity contribution in [3.05, 3.63) is 126 Å². The molecule has 3 aromatic carbocycles. The number of hydrogen-bond acceptors (Lipinski definition) is 6. The van der Waals surface area contributed by atoms with E-state index >= 15 is 0 Å². The number of methoxy groups -OCH3 is 1. The van der Waals surface area contributed by atoms with Crippen molar-refractivity contribution in [1.29, 1.82) is 0 Å². The van der Waals surface area contributed by atoms with Crippen molar-refractivity contribution in [3.63, 3.8) is 0 Å². The first-order chi connectivity index (χ1) is 22.1. The van der Waals surface area contributed by atoms with Crippen LogP contribution in [-0.2, 0) is 25.4 Å². The van der Waals surface area contributed by atoms with Gasteiger partial charge in [-0.25, -0.2) is 9.59 Å². The first-order valence-corrected chi connectivity index (χ1v) is 15.7. The second-order valence-corrected chi connectivity index (χ2v) is 11.9. The molecule has 0 aliphatic heterocycles. The second-order valence-electron chi connectivity index (χ2n) is 11.9. The van der Waals surface area contributed by atoms with Crippen molar-refractivity contribution >= 4 is 23.2 Å². The summed E-state index contributed by atoms with van der Waals surface area (Å²) in [6, 6.07) is 27.1. The number of carbonyl (C=O) groups is 2. The maximum absolute atomic E-state index is 12.4. The number of nitrogens with one attached hydrogen (secondary N) is 1. The Bertz CT molecular complexity index is 1470. The SMILES string of the molecule is C=C(/C=C(\C=C(/C)c1ccccc1)c1ccccc1)OCCCCCOc1ccccc1CC(NC(=O)OC(C)(C)C)C(=O)OC. The van der Waals surface area contributed by atoms with E-state index in [-0.39, 0.29) is 6.42 Å². The lowest BCUT2D eigenvalue weighted by Crippen LogP contribution is -2.45. The number of unbranched alkanes of at least 4 members (excludes halogenated alkanes) is 2. The van der Waals surface area contributed by atoms with Crippen LogP contribution in [0.1, 0.15) is 63.6 Å². The maximum Gasteiger partial charge on any atom is 0.408 e. The molecule has 3 aromatic rings. The third-order valence-corrected chi connectivity index (χ3v) is 6.93. The summed E-state index contributed by atoms with van der Waals surface area (Å²) < 4.78 is 22.3. The van der Waals surface area contributed by atoms with Gasteiger partial charge in [0, 0.05) is 6.42 Å². The molecule has 0 saturated carbocycles. The number of benzene rings is 3. The minimum absolute atomic E-state index is 0.205. The lowest BCUT2D eigenvalue weighted by Gasteiger charge is -2.23. The molecule has 0 bridgehead atoms. The molecule has 0 spiro atoms. The topological polar surface area (TPSA) is 83.1 Å². The van der Waals surface area contributed by atoms with E-state index in [9.17, 15) is 9.59 Å². The zero-order valence-corrected chi connectivity index (χ0v) is 27.7. The van der Waals surface area contributed by atoms with Gasteiger partial charge in [0.15, 0.2) is 0 Å². The summed E-state index contributed by atoms with van der Waals surface area (Å²) in [5.74, 6) is 0.709. The van der Waals surface area contributed by atoms with Crippen molar-refractivity contribution in [1.82, 2.24) is 5.32 Å². The van der Waals surface area contributed by atoms with Crippen LogP contribution >= 0.6 is 0 Å². The molecule has 0 aliphatic rings. The van der Waals surface area contributed by atoms with Crippen molar-refractivity contribution in [2.75, 3.05) is 20.3 Å². The average molecular weight is 626 g/mol. The van der Waals surface area contributed by atoms with Crippen LogP contribution in [0, 0.1) is 0 Å². The lowest BCUT2D eigenvalue weighted by atomic mass is 9.99. The van der Waals surface area contributed by atoms with E-state index < -0.39 is 23.7 Å². The van der Waals surface area contributed by atoms with Gasteiger partial charge in [-0.05, 0) is 86.9 Å². The molecular weight excluding hydrogens is 578 g/mol. The molecule has 46 heavy (non-hydrogen) atoms. The Morgan fingerprint density at radius 1 is 0.826 bits per heavy atom. The van der Waals surface area contributed by atoms with Crippen LogP contribution in [-0.4, -0.2) is 44.0 Å². The predicted octanol–water partition coefficient (Wildman–Crippen LogP) is 8.56. The van der Waals surface area contributed by atoms with Gasteiger partial charge in [0.1, 0.15) is 23.2 Å². The smallest absolute Gasteiger partial charge is 0.408 e. The summed E-state index contributed by atoms with van der Waals surface area (Å²) in [5, 5.41) is 2.62. The van der Waals surface area contributed by atoms with Gasteiger partial charge in [0.25, 0.3) is 0 Å². The van der Waals surface area contributed by atoms with E-state index in [4.69, 9.17) is 18.9 Å². The number of carbonyl (C=O) groups excluding carboxylic acids is 2. The van der Waals surface area contributed by atoms with Gasteiger partial charge in [0.05, 0.1) is 20.3 Å². The summed E-state index contributed by atoms with van der Waals surface area (Å²) >= 11 is 0. The number of alkyl carbamates (subject to hydrolysis) is 1. The Morgan fingerprint density at radius 3 is 2.09 bits per heavy atom. The fourth-order valence-corrected chi connectivity index (χ4v) is 4.66. The zero-order valence-electron chi connectivity index (χ0n) is 27.7. The fourth-order valence-electron chi connectivity index (χ4n) is 4.66. The summed E-state index contributed by atoms with van der Waals surface area (Å²) in [5.41, 5.74) is 4.55. The third kappa shape index (κ3) is 12.7. The molecular formula is C39H47NO6. The van der Waals surface area contributed by atoms with Crippen LogP contribution in [0.2, 0.25) is 0 Å². The second kappa shape index (κ2) is 18.3. The number of para-hydroxylation sites is 1. The summed E-state index contributed by atoms with van der Waals surface area (Å²) in [6.45, 7) is 12.6. The molecule has 0 aliphatic carbocycles. The monoisotopic (exact) mass is 625 g/mol. The van der Waals surface area contributed by atoms with Crippen LogP contribution < -0.4 is 10.1 Å². The summed E-state index contributed by atoms with van der Waals surface area (Å²) in [6.07, 6.45) is 6.25. The summed E-state index contributed by atoms with van der Waals surface area (Å²) in [4.78, 5) is 24.7. The molecule has 3 rings (SSSR count). The highest BCUT2D eigenvalue weighted by Crippen LogP contribution is 2.24. The Balaban J connectivity index is 1.49. The van der Waals surface area contributed by atoms with Gasteiger partial charge in [-0.1, -0.05) is 91.5 Å². The number of ether oxygens (including phenoxy) is 4. The van der Waals surface area contributed by atoms with E-state index in [0.717, 1.165) is 41.5 Å². The van der Waals surface area contributed by atoms with Crippen LogP contribution in [0.15, 0.2) is 109 Å². The van der Waals surface area contributed by atoms with Crippen LogP contribution in [0.25, 0.3) is 11.1 Å². The third-order valence-electron chi connectivity index (χ3n) is 6.93. The van der Waals surface area contributed by atoms with E-state index in [2.05, 4.69) is 49.2 Å². The normalized spacial score (nSPS) is 12.5. The molecule has 0 saturated heterocycles. The largest absolute Gasteiger partial charge is 0.494 e. The molecule has 0 aromatic heterocycles. The Labute approximate surface area is 273 Å². The Hall–Kier alpha value is -4.78. The highest BCUT2D eigenvalue weighted by Gasteiger charge is 2.26. The van der Waals surface area contributed by atoms with Crippen molar-refractivity contribution < 1.29 is 28.5 Å². The molecule has 7 heteroatoms. The molecule has 1 amide bonds. The molecule has 0 fully saturated rings. The molecule has 0 radical (unpaired) electrons. The van der Waals surface area contributed by atoms with Gasteiger partial charge in [0.2, 0.25) is 0 Å². The standard InChI is InChI=1S/C39H47NO6/c1-29(31-18-10-7-11-19-31)26-34(32-20-12-8-13-21-32)27-30(2)44-24-16-9-17-25-45-36-23-15-14-22-33(36)28-35(37(41)43-6)40-38(42)46-39(3,4)5/h7-8,10-15,18-23,26-27,35H,2,9,16-17,24-25,28H2,1,3-6H3,(H,40,42)/b29-26+,34-27+. The number of rotatable bonds is 16. The highest BCUT2D eigenvalue weighted by molar-refractivity contribution is 5.84. The van der Waals surface area contributed by atoms with E-state index in [0.29, 0.717) is 24.7 Å². The Kier molecular flexibility index (Phi) is 14.2. The molecule has 1 unspecified atom stereocenters. The van der Waals surface area contributed by atoms with Gasteiger partial charge >= 0.3 is 12.1 Å². The van der Waals surface area contributed by atoms with Gasteiger partial charge in [-0.2, -0.15) is 0 Å². The fraction of sp³-hybridized carbons (Fsp3) is 0.333. The van der Waals surface area contributed by atoms with E-state index in [1.54, 1.807) is 20.8 Å². The molecule has 1 atom stereocenters. The number of hydrogen-bond donors (Lipinski definition) is 1. The zero-order chi connectivity index (χ0) is 33.4. The quantitative estimate of drug-likeness (QED) is 0.0743. The molecule has 7 nitrogen and oxygen atoms in total. The van der Waals surface area contributed by atoms with Crippen LogP contribution in [0.5, 0.6) is 5.75 Å². The summed E-state index contributed by atoms with van der Waals surface area (Å²) in [7, 11) is 1.29. The van der Waals surface area contributed by atoms with Crippen LogP contribution in [0.3, 0.4) is 0 Å². The van der Waals surface area contributed by atoms with Crippen molar-refractivity contribution in [3.8, 4) is 5.75 Å². The van der Waals surface area contributed by atoms with E-state index in [1.807, 2.05) is 66.7 Å². The minimum Gasteiger partial charge on any atom is -0.494 e. The van der Waals surface area contributed by atoms with Gasteiger partial charge in [-0.15, -0.1) is 0 Å². The molecule has 244 valence electrons. The Morgan fingerprint density at radius 2 is 1.43 bits per heavy atom. The number of esters is 1. The number of amides is 1. The maximum atomic E-state index is 12.4. The van der Waals surface area contributed by atoms with Crippen LogP contribution in [0.4, 0.5) is 4.79 Å². The number of allylic oxidation sites excluding steroid dienone is 4. The lowest BCUT2D eigenvalue weighted by molar-refractivity contribution is -0.143. The first kappa shape index (κ1) is 35.7. The minimum atomic E-state index is -0.913. The van der Waals surface area contributed by atoms with Gasteiger partial charge < -0.3 is 24.3 Å².